The van der Waals surface area contributed by atoms with Gasteiger partial charge in [-0.2, -0.15) is 0 Å². The number of methoxy groups -OCH3 is 1. The molecule has 1 saturated heterocycles. The fraction of sp³-hybridized carbons (Fsp3) is 0.250. The van der Waals surface area contributed by atoms with Gasteiger partial charge in [-0.1, -0.05) is 18.2 Å². The topological polar surface area (TPSA) is 75.7 Å². The lowest BCUT2D eigenvalue weighted by atomic mass is 10.1. The van der Waals surface area contributed by atoms with Gasteiger partial charge in [-0.05, 0) is 42.3 Å². The molecule has 0 atom stereocenters. The first-order valence-electron chi connectivity index (χ1n) is 8.44. The first kappa shape index (κ1) is 17.7. The Morgan fingerprint density at radius 2 is 1.92 bits per heavy atom. The van der Waals surface area contributed by atoms with E-state index in [2.05, 4.69) is 10.1 Å². The Bertz CT molecular complexity index is 830. The van der Waals surface area contributed by atoms with Crippen LogP contribution in [-0.4, -0.2) is 31.4 Å². The van der Waals surface area contributed by atoms with Crippen molar-refractivity contribution in [1.29, 1.82) is 0 Å². The van der Waals surface area contributed by atoms with E-state index in [0.717, 1.165) is 24.2 Å². The minimum atomic E-state index is -0.451. The van der Waals surface area contributed by atoms with Crippen LogP contribution in [0, 0.1) is 0 Å². The molecule has 0 aliphatic carbocycles. The highest BCUT2D eigenvalue weighted by atomic mass is 16.5. The number of ether oxygens (including phenoxy) is 1. The smallest absolute Gasteiger partial charge is 0.337 e. The van der Waals surface area contributed by atoms with Gasteiger partial charge in [0.25, 0.3) is 0 Å². The normalized spacial score (nSPS) is 13.6. The van der Waals surface area contributed by atoms with Crippen LogP contribution in [0.3, 0.4) is 0 Å². The second-order valence-electron chi connectivity index (χ2n) is 6.11. The summed E-state index contributed by atoms with van der Waals surface area (Å²) in [5, 5.41) is 2.78. The molecule has 0 saturated carbocycles. The summed E-state index contributed by atoms with van der Waals surface area (Å²) in [5.74, 6) is -0.494. The monoisotopic (exact) mass is 352 g/mol. The van der Waals surface area contributed by atoms with E-state index in [1.54, 1.807) is 29.2 Å². The molecule has 3 rings (SSSR count). The van der Waals surface area contributed by atoms with Crippen molar-refractivity contribution in [3.63, 3.8) is 0 Å². The summed E-state index contributed by atoms with van der Waals surface area (Å²) >= 11 is 0. The number of rotatable bonds is 5. The second-order valence-corrected chi connectivity index (χ2v) is 6.11. The number of nitrogens with one attached hydrogen (secondary N) is 1. The summed E-state index contributed by atoms with van der Waals surface area (Å²) in [5.41, 5.74) is 2.63. The van der Waals surface area contributed by atoms with E-state index in [9.17, 15) is 14.4 Å². The Kier molecular flexibility index (Phi) is 5.31. The Hall–Kier alpha value is -3.15. The average molecular weight is 352 g/mol. The van der Waals surface area contributed by atoms with Gasteiger partial charge < -0.3 is 15.0 Å². The highest BCUT2D eigenvalue weighted by Gasteiger charge is 2.21. The van der Waals surface area contributed by atoms with Crippen LogP contribution in [0.2, 0.25) is 0 Å². The minimum absolute atomic E-state index is 0.140. The number of carbonyl (C=O) groups excluding carboxylic acids is 3. The third-order valence-electron chi connectivity index (χ3n) is 4.25. The first-order chi connectivity index (χ1) is 12.6. The molecule has 1 N–H and O–H groups in total. The molecular formula is C20H20N2O4. The molecule has 26 heavy (non-hydrogen) atoms. The number of amides is 2. The molecule has 0 bridgehead atoms. The lowest BCUT2D eigenvalue weighted by Gasteiger charge is -2.15. The summed E-state index contributed by atoms with van der Waals surface area (Å²) in [7, 11) is 1.31. The standard InChI is InChI=1S/C20H20N2O4/c1-26-20(25)15-4-2-5-16(13-15)21-18(23)12-14-7-9-17(10-8-14)22-11-3-6-19(22)24/h2,4-5,7-10,13H,3,6,11-12H2,1H3,(H,21,23). The molecule has 6 nitrogen and oxygen atoms in total. The van der Waals surface area contributed by atoms with Crippen molar-refractivity contribution in [3.05, 3.63) is 59.7 Å². The summed E-state index contributed by atoms with van der Waals surface area (Å²) in [4.78, 5) is 37.3. The maximum atomic E-state index is 12.2. The highest BCUT2D eigenvalue weighted by molar-refractivity contribution is 5.96. The summed E-state index contributed by atoms with van der Waals surface area (Å²) in [6.07, 6.45) is 1.68. The predicted molar refractivity (Wildman–Crippen MR) is 98.1 cm³/mol. The third-order valence-corrected chi connectivity index (χ3v) is 4.25. The largest absolute Gasteiger partial charge is 0.465 e. The molecule has 0 aromatic heterocycles. The van der Waals surface area contributed by atoms with E-state index in [0.29, 0.717) is 17.7 Å². The van der Waals surface area contributed by atoms with Crippen molar-refractivity contribution >= 4 is 29.2 Å². The summed E-state index contributed by atoms with van der Waals surface area (Å²) in [6.45, 7) is 0.745. The van der Waals surface area contributed by atoms with Crippen molar-refractivity contribution in [2.75, 3.05) is 23.9 Å². The van der Waals surface area contributed by atoms with Crippen LogP contribution in [0.5, 0.6) is 0 Å². The van der Waals surface area contributed by atoms with Crippen LogP contribution in [0.1, 0.15) is 28.8 Å². The van der Waals surface area contributed by atoms with Gasteiger partial charge in [0.15, 0.2) is 0 Å². The van der Waals surface area contributed by atoms with Crippen molar-refractivity contribution in [3.8, 4) is 0 Å². The number of nitrogens with zero attached hydrogens (tertiary/aromatic N) is 1. The minimum Gasteiger partial charge on any atom is -0.465 e. The fourth-order valence-corrected chi connectivity index (χ4v) is 2.95. The summed E-state index contributed by atoms with van der Waals surface area (Å²) in [6, 6.07) is 14.0. The SMILES string of the molecule is COC(=O)c1cccc(NC(=O)Cc2ccc(N3CCCC3=O)cc2)c1. The van der Waals surface area contributed by atoms with E-state index in [-0.39, 0.29) is 18.2 Å². The van der Waals surface area contributed by atoms with Gasteiger partial charge in [-0.15, -0.1) is 0 Å². The molecule has 1 fully saturated rings. The van der Waals surface area contributed by atoms with E-state index in [4.69, 9.17) is 0 Å². The van der Waals surface area contributed by atoms with Crippen LogP contribution in [0.25, 0.3) is 0 Å². The van der Waals surface area contributed by atoms with Crippen LogP contribution in [0.4, 0.5) is 11.4 Å². The van der Waals surface area contributed by atoms with Gasteiger partial charge in [-0.3, -0.25) is 9.59 Å². The van der Waals surface area contributed by atoms with Gasteiger partial charge in [0.05, 0.1) is 19.1 Å². The third kappa shape index (κ3) is 4.08. The Balaban J connectivity index is 1.61. The second kappa shape index (κ2) is 7.82. The zero-order valence-corrected chi connectivity index (χ0v) is 14.5. The van der Waals surface area contributed by atoms with Crippen molar-refractivity contribution < 1.29 is 19.1 Å². The molecule has 0 unspecified atom stereocenters. The van der Waals surface area contributed by atoms with E-state index in [1.165, 1.54) is 7.11 Å². The number of anilines is 2. The number of benzene rings is 2. The fourth-order valence-electron chi connectivity index (χ4n) is 2.95. The molecule has 2 aromatic rings. The van der Waals surface area contributed by atoms with Crippen molar-refractivity contribution in [2.45, 2.75) is 19.3 Å². The van der Waals surface area contributed by atoms with Crippen LogP contribution >= 0.6 is 0 Å². The van der Waals surface area contributed by atoms with Gasteiger partial charge >= 0.3 is 5.97 Å². The number of esters is 1. The lowest BCUT2D eigenvalue weighted by molar-refractivity contribution is -0.117. The average Bonchev–Trinajstić information content (AvgIpc) is 3.08. The van der Waals surface area contributed by atoms with E-state index in [1.807, 2.05) is 24.3 Å². The van der Waals surface area contributed by atoms with Gasteiger partial charge in [0.1, 0.15) is 0 Å². The zero-order chi connectivity index (χ0) is 18.5. The molecule has 2 aromatic carbocycles. The molecule has 2 amide bonds. The van der Waals surface area contributed by atoms with Gasteiger partial charge in [0, 0.05) is 24.3 Å². The molecule has 6 heteroatoms. The lowest BCUT2D eigenvalue weighted by Crippen LogP contribution is -2.23. The first-order valence-corrected chi connectivity index (χ1v) is 8.44. The Morgan fingerprint density at radius 3 is 2.58 bits per heavy atom. The van der Waals surface area contributed by atoms with Gasteiger partial charge in [-0.25, -0.2) is 4.79 Å². The Labute approximate surface area is 151 Å². The highest BCUT2D eigenvalue weighted by Crippen LogP contribution is 2.22. The maximum Gasteiger partial charge on any atom is 0.337 e. The van der Waals surface area contributed by atoms with Crippen molar-refractivity contribution in [1.82, 2.24) is 0 Å². The number of hydrogen-bond donors (Lipinski definition) is 1. The quantitative estimate of drug-likeness (QED) is 0.840. The molecule has 1 aliphatic rings. The molecular weight excluding hydrogens is 332 g/mol. The van der Waals surface area contributed by atoms with Crippen molar-refractivity contribution in [2.24, 2.45) is 0 Å². The van der Waals surface area contributed by atoms with Gasteiger partial charge in [0.2, 0.25) is 11.8 Å². The summed E-state index contributed by atoms with van der Waals surface area (Å²) < 4.78 is 4.67. The van der Waals surface area contributed by atoms with E-state index >= 15 is 0 Å². The predicted octanol–water partition coefficient (Wildman–Crippen LogP) is 2.78. The molecule has 1 aliphatic heterocycles. The Morgan fingerprint density at radius 1 is 1.15 bits per heavy atom. The van der Waals surface area contributed by atoms with Crippen LogP contribution < -0.4 is 10.2 Å². The molecule has 134 valence electrons. The number of hydrogen-bond acceptors (Lipinski definition) is 4. The molecule has 0 spiro atoms. The molecule has 1 heterocycles. The zero-order valence-electron chi connectivity index (χ0n) is 14.5. The van der Waals surface area contributed by atoms with Crippen LogP contribution in [0.15, 0.2) is 48.5 Å². The number of carbonyl (C=O) groups is 3. The maximum absolute atomic E-state index is 12.2. The van der Waals surface area contributed by atoms with E-state index < -0.39 is 5.97 Å². The van der Waals surface area contributed by atoms with Crippen LogP contribution in [-0.2, 0) is 20.7 Å². The molecule has 0 radical (unpaired) electrons.